The van der Waals surface area contributed by atoms with Crippen molar-refractivity contribution in [2.75, 3.05) is 11.9 Å². The number of hydrogen-bond acceptors (Lipinski definition) is 3. The van der Waals surface area contributed by atoms with Crippen LogP contribution < -0.4 is 4.90 Å². The highest BCUT2D eigenvalue weighted by molar-refractivity contribution is 6.54. The van der Waals surface area contributed by atoms with E-state index in [2.05, 4.69) is 34.5 Å². The summed E-state index contributed by atoms with van der Waals surface area (Å²) in [6.07, 6.45) is 2.04. The quantitative estimate of drug-likeness (QED) is 0.277. The SMILES string of the molecule is CN1C(=O)/C(=N\N=C(\C=C(c2ccccc2)c2ccccc2)c2ccccc2)c2ccccc21. The second-order valence-corrected chi connectivity index (χ2v) is 7.97. The average Bonchev–Trinajstić information content (AvgIpc) is 3.15. The van der Waals surface area contributed by atoms with Gasteiger partial charge < -0.3 is 4.90 Å². The Kier molecular flexibility index (Phi) is 5.95. The fourth-order valence-corrected chi connectivity index (χ4v) is 4.03. The van der Waals surface area contributed by atoms with Gasteiger partial charge in [0, 0.05) is 18.2 Å². The molecule has 0 aromatic heterocycles. The third-order valence-corrected chi connectivity index (χ3v) is 5.81. The second kappa shape index (κ2) is 9.51. The van der Waals surface area contributed by atoms with E-state index in [0.717, 1.165) is 33.5 Å². The van der Waals surface area contributed by atoms with Gasteiger partial charge in [-0.15, -0.1) is 10.2 Å². The van der Waals surface area contributed by atoms with Crippen LogP contribution in [0.5, 0.6) is 0 Å². The maximum absolute atomic E-state index is 12.9. The lowest BCUT2D eigenvalue weighted by atomic mass is 9.95. The maximum Gasteiger partial charge on any atom is 0.279 e. The Labute approximate surface area is 199 Å². The van der Waals surface area contributed by atoms with Crippen LogP contribution in [-0.4, -0.2) is 24.4 Å². The summed E-state index contributed by atoms with van der Waals surface area (Å²) < 4.78 is 0. The standard InChI is InChI=1S/C30H23N3O/c1-33-28-20-12-11-19-25(28)29(30(33)34)32-31-27(24-17-9-4-10-18-24)21-26(22-13-5-2-6-14-22)23-15-7-3-8-16-23/h2-21H,1H3/b31-27-,32-29-. The van der Waals surface area contributed by atoms with Gasteiger partial charge >= 0.3 is 0 Å². The van der Waals surface area contributed by atoms with Crippen LogP contribution >= 0.6 is 0 Å². The number of fused-ring (bicyclic) bond motifs is 1. The molecule has 0 saturated heterocycles. The molecule has 164 valence electrons. The van der Waals surface area contributed by atoms with Crippen LogP contribution in [0.3, 0.4) is 0 Å². The first-order valence-electron chi connectivity index (χ1n) is 11.1. The van der Waals surface area contributed by atoms with Crippen molar-refractivity contribution in [3.8, 4) is 0 Å². The van der Waals surface area contributed by atoms with E-state index in [1.54, 1.807) is 11.9 Å². The molecule has 5 rings (SSSR count). The summed E-state index contributed by atoms with van der Waals surface area (Å²) in [4.78, 5) is 14.5. The lowest BCUT2D eigenvalue weighted by Gasteiger charge is -2.10. The van der Waals surface area contributed by atoms with E-state index in [-0.39, 0.29) is 5.91 Å². The number of benzene rings is 4. The largest absolute Gasteiger partial charge is 0.309 e. The van der Waals surface area contributed by atoms with E-state index in [4.69, 9.17) is 0 Å². The van der Waals surface area contributed by atoms with Crippen molar-refractivity contribution in [3.05, 3.63) is 144 Å². The molecular formula is C30H23N3O. The highest BCUT2D eigenvalue weighted by atomic mass is 16.2. The molecule has 0 aliphatic carbocycles. The number of carbonyl (C=O) groups is 1. The lowest BCUT2D eigenvalue weighted by Crippen LogP contribution is -2.25. The smallest absolute Gasteiger partial charge is 0.279 e. The maximum atomic E-state index is 12.9. The summed E-state index contributed by atoms with van der Waals surface area (Å²) in [5.41, 5.74) is 6.76. The molecule has 4 heteroatoms. The summed E-state index contributed by atoms with van der Waals surface area (Å²) in [5.74, 6) is -0.160. The first-order chi connectivity index (χ1) is 16.7. The van der Waals surface area contributed by atoms with Crippen molar-refractivity contribution < 1.29 is 4.79 Å². The number of hydrogen-bond donors (Lipinski definition) is 0. The minimum absolute atomic E-state index is 0.160. The Bertz CT molecular complexity index is 1360. The first kappa shape index (κ1) is 21.3. The van der Waals surface area contributed by atoms with Crippen LogP contribution in [0.15, 0.2) is 132 Å². The van der Waals surface area contributed by atoms with Crippen molar-refractivity contribution in [1.82, 2.24) is 0 Å². The summed E-state index contributed by atoms with van der Waals surface area (Å²) in [7, 11) is 1.76. The lowest BCUT2D eigenvalue weighted by molar-refractivity contribution is -0.111. The van der Waals surface area contributed by atoms with Gasteiger partial charge in [-0.2, -0.15) is 0 Å². The fourth-order valence-electron chi connectivity index (χ4n) is 4.03. The predicted octanol–water partition coefficient (Wildman–Crippen LogP) is 5.99. The number of nitrogens with zero attached hydrogens (tertiary/aromatic N) is 3. The fraction of sp³-hybridized carbons (Fsp3) is 0.0333. The number of anilines is 1. The molecule has 0 bridgehead atoms. The van der Waals surface area contributed by atoms with Crippen LogP contribution in [0, 0.1) is 0 Å². The highest BCUT2D eigenvalue weighted by Crippen LogP contribution is 2.28. The molecule has 0 unspecified atom stereocenters. The van der Waals surface area contributed by atoms with Crippen LogP contribution in [0.1, 0.15) is 22.3 Å². The van der Waals surface area contributed by atoms with Gasteiger partial charge in [0.2, 0.25) is 0 Å². The number of likely N-dealkylation sites (N-methyl/N-ethyl adjacent to an activating group) is 1. The summed E-state index contributed by atoms with van der Waals surface area (Å²) in [6.45, 7) is 0. The third kappa shape index (κ3) is 4.21. The van der Waals surface area contributed by atoms with Gasteiger partial charge in [0.15, 0.2) is 5.71 Å². The predicted molar refractivity (Wildman–Crippen MR) is 139 cm³/mol. The summed E-state index contributed by atoms with van der Waals surface area (Å²) in [6, 6.07) is 38.0. The molecule has 0 atom stereocenters. The average molecular weight is 442 g/mol. The molecule has 0 N–H and O–H groups in total. The number of carbonyl (C=O) groups excluding carboxylic acids is 1. The zero-order chi connectivity index (χ0) is 23.3. The molecule has 4 aromatic carbocycles. The zero-order valence-electron chi connectivity index (χ0n) is 18.8. The van der Waals surface area contributed by atoms with Gasteiger partial charge in [-0.05, 0) is 28.8 Å². The third-order valence-electron chi connectivity index (χ3n) is 5.81. The van der Waals surface area contributed by atoms with E-state index in [0.29, 0.717) is 11.4 Å². The monoisotopic (exact) mass is 441 g/mol. The molecule has 0 spiro atoms. The zero-order valence-corrected chi connectivity index (χ0v) is 18.8. The van der Waals surface area contributed by atoms with Crippen LogP contribution in [-0.2, 0) is 4.79 Å². The van der Waals surface area contributed by atoms with E-state index in [1.807, 2.05) is 97.1 Å². The van der Waals surface area contributed by atoms with Crippen LogP contribution in [0.25, 0.3) is 5.57 Å². The molecule has 1 aliphatic rings. The normalized spacial score (nSPS) is 14.3. The first-order valence-corrected chi connectivity index (χ1v) is 11.1. The molecule has 0 saturated carbocycles. The van der Waals surface area contributed by atoms with E-state index in [9.17, 15) is 4.79 Å². The van der Waals surface area contributed by atoms with Crippen LogP contribution in [0.4, 0.5) is 5.69 Å². The Morgan fingerprint density at radius 2 is 1.18 bits per heavy atom. The Morgan fingerprint density at radius 3 is 1.76 bits per heavy atom. The van der Waals surface area contributed by atoms with Crippen LogP contribution in [0.2, 0.25) is 0 Å². The summed E-state index contributed by atoms with van der Waals surface area (Å²) >= 11 is 0. The number of rotatable bonds is 5. The van der Waals surface area contributed by atoms with E-state index in [1.165, 1.54) is 0 Å². The summed E-state index contributed by atoms with van der Waals surface area (Å²) in [5, 5.41) is 9.11. The van der Waals surface area contributed by atoms with Gasteiger partial charge in [-0.3, -0.25) is 4.79 Å². The Balaban J connectivity index is 1.68. The van der Waals surface area contributed by atoms with Gasteiger partial charge in [-0.1, -0.05) is 109 Å². The van der Waals surface area contributed by atoms with Crippen molar-refractivity contribution in [2.24, 2.45) is 10.2 Å². The molecule has 1 amide bonds. The van der Waals surface area contributed by atoms with Crippen molar-refractivity contribution >= 4 is 28.6 Å². The molecule has 4 aromatic rings. The molecule has 0 fully saturated rings. The number of amides is 1. The Morgan fingerprint density at radius 1 is 0.676 bits per heavy atom. The molecular weight excluding hydrogens is 418 g/mol. The second-order valence-electron chi connectivity index (χ2n) is 7.97. The molecule has 1 aliphatic heterocycles. The number of allylic oxidation sites excluding steroid dienone is 1. The van der Waals surface area contributed by atoms with Crippen molar-refractivity contribution in [1.29, 1.82) is 0 Å². The topological polar surface area (TPSA) is 45.0 Å². The van der Waals surface area contributed by atoms with Gasteiger partial charge in [0.05, 0.1) is 11.4 Å². The van der Waals surface area contributed by atoms with Crippen molar-refractivity contribution in [2.45, 2.75) is 0 Å². The van der Waals surface area contributed by atoms with E-state index < -0.39 is 0 Å². The van der Waals surface area contributed by atoms with E-state index >= 15 is 0 Å². The molecule has 1 heterocycles. The molecule has 4 nitrogen and oxygen atoms in total. The molecule has 34 heavy (non-hydrogen) atoms. The van der Waals surface area contributed by atoms with Gasteiger partial charge in [0.25, 0.3) is 5.91 Å². The highest BCUT2D eigenvalue weighted by Gasteiger charge is 2.31. The molecule has 0 radical (unpaired) electrons. The minimum Gasteiger partial charge on any atom is -0.309 e. The Hall–Kier alpha value is -4.57. The van der Waals surface area contributed by atoms with Crippen molar-refractivity contribution in [3.63, 3.8) is 0 Å². The number of para-hydroxylation sites is 1. The van der Waals surface area contributed by atoms with Gasteiger partial charge in [0.1, 0.15) is 0 Å². The van der Waals surface area contributed by atoms with Gasteiger partial charge in [-0.25, -0.2) is 0 Å². The minimum atomic E-state index is -0.160.